The highest BCUT2D eigenvalue weighted by Crippen LogP contribution is 2.16. The fraction of sp³-hybridized carbons (Fsp3) is 0.316. The van der Waals surface area contributed by atoms with Crippen molar-refractivity contribution < 1.29 is 27.2 Å². The van der Waals surface area contributed by atoms with E-state index in [2.05, 4.69) is 15.0 Å². The Kier molecular flexibility index (Phi) is 6.65. The highest BCUT2D eigenvalue weighted by molar-refractivity contribution is 7.90. The lowest BCUT2D eigenvalue weighted by Crippen LogP contribution is -2.30. The molecule has 1 amide bonds. The van der Waals surface area contributed by atoms with Crippen LogP contribution in [-0.2, 0) is 19.6 Å². The molecule has 2 N–H and O–H groups in total. The number of nitrogens with one attached hydrogen (secondary N) is 2. The van der Waals surface area contributed by atoms with E-state index in [1.54, 1.807) is 0 Å². The number of carbonyl (C=O) groups excluding carboxylic acids is 2. The van der Waals surface area contributed by atoms with E-state index in [0.29, 0.717) is 18.8 Å². The molecule has 3 rings (SSSR count). The van der Waals surface area contributed by atoms with E-state index in [0.717, 1.165) is 19.3 Å². The molecule has 0 spiro atoms. The molecular formula is C19H21N3O6S. The van der Waals surface area contributed by atoms with Crippen molar-refractivity contribution in [1.82, 2.24) is 4.72 Å². The maximum Gasteiger partial charge on any atom is 0.341 e. The largest absolute Gasteiger partial charge is 0.472 e. The highest BCUT2D eigenvalue weighted by Gasteiger charge is 2.18. The Morgan fingerprint density at radius 3 is 2.83 bits per heavy atom. The Morgan fingerprint density at radius 1 is 1.17 bits per heavy atom. The lowest BCUT2D eigenvalue weighted by atomic mass is 10.2. The van der Waals surface area contributed by atoms with Crippen LogP contribution in [0.4, 0.5) is 5.69 Å². The number of aliphatic imine (C=N–C) groups is 1. The topological polar surface area (TPSA) is 127 Å². The number of rotatable bonds is 6. The molecule has 0 atom stereocenters. The summed E-state index contributed by atoms with van der Waals surface area (Å²) in [6.45, 7) is 0.0849. The zero-order valence-electron chi connectivity index (χ0n) is 15.6. The average molecular weight is 419 g/mol. The van der Waals surface area contributed by atoms with E-state index >= 15 is 0 Å². The Labute approximate surface area is 168 Å². The summed E-state index contributed by atoms with van der Waals surface area (Å²) in [6.07, 6.45) is 5.95. The minimum Gasteiger partial charge on any atom is -0.472 e. The number of ether oxygens (including phenoxy) is 1. The summed E-state index contributed by atoms with van der Waals surface area (Å²) in [5.74, 6) is -0.848. The van der Waals surface area contributed by atoms with Crippen molar-refractivity contribution >= 4 is 33.4 Å². The second kappa shape index (κ2) is 9.37. The van der Waals surface area contributed by atoms with Crippen molar-refractivity contribution in [1.29, 1.82) is 0 Å². The number of esters is 1. The molecule has 1 aliphatic rings. The molecule has 0 saturated heterocycles. The maximum atomic E-state index is 12.6. The molecule has 2 heterocycles. The van der Waals surface area contributed by atoms with Gasteiger partial charge < -0.3 is 14.5 Å². The fourth-order valence-corrected chi connectivity index (χ4v) is 3.84. The number of amidine groups is 1. The molecule has 0 saturated carbocycles. The van der Waals surface area contributed by atoms with Crippen LogP contribution in [-0.4, -0.2) is 39.3 Å². The number of anilines is 1. The zero-order chi connectivity index (χ0) is 20.7. The molecule has 29 heavy (non-hydrogen) atoms. The fourth-order valence-electron chi connectivity index (χ4n) is 2.70. The molecular weight excluding hydrogens is 398 g/mol. The highest BCUT2D eigenvalue weighted by atomic mass is 32.2. The summed E-state index contributed by atoms with van der Waals surface area (Å²) in [7, 11) is -3.82. The lowest BCUT2D eigenvalue weighted by Gasteiger charge is -2.11. The van der Waals surface area contributed by atoms with Crippen LogP contribution in [0.2, 0.25) is 0 Å². The van der Waals surface area contributed by atoms with Crippen LogP contribution in [0.15, 0.2) is 57.2 Å². The van der Waals surface area contributed by atoms with E-state index in [-0.39, 0.29) is 16.1 Å². The first-order valence-corrected chi connectivity index (χ1v) is 10.6. The molecule has 0 unspecified atom stereocenters. The smallest absolute Gasteiger partial charge is 0.341 e. The second-order valence-corrected chi connectivity index (χ2v) is 8.09. The van der Waals surface area contributed by atoms with Crippen LogP contribution >= 0.6 is 0 Å². The van der Waals surface area contributed by atoms with Gasteiger partial charge in [0.25, 0.3) is 15.9 Å². The number of hydrogen-bond acceptors (Lipinski definition) is 7. The van der Waals surface area contributed by atoms with Gasteiger partial charge >= 0.3 is 5.97 Å². The van der Waals surface area contributed by atoms with Crippen molar-refractivity contribution in [3.05, 3.63) is 48.4 Å². The first-order chi connectivity index (χ1) is 13.9. The number of sulfonamides is 1. The molecule has 9 nitrogen and oxygen atoms in total. The van der Waals surface area contributed by atoms with E-state index < -0.39 is 28.5 Å². The van der Waals surface area contributed by atoms with Gasteiger partial charge in [0.1, 0.15) is 12.1 Å². The molecule has 1 aromatic heterocycles. The lowest BCUT2D eigenvalue weighted by molar-refractivity contribution is -0.119. The third-order valence-corrected chi connectivity index (χ3v) is 5.52. The molecule has 0 radical (unpaired) electrons. The van der Waals surface area contributed by atoms with Gasteiger partial charge in [-0.15, -0.1) is 0 Å². The molecule has 1 aromatic carbocycles. The molecule has 154 valence electrons. The van der Waals surface area contributed by atoms with E-state index in [1.165, 1.54) is 42.9 Å². The Morgan fingerprint density at radius 2 is 2.03 bits per heavy atom. The molecule has 10 heteroatoms. The molecule has 1 aliphatic heterocycles. The summed E-state index contributed by atoms with van der Waals surface area (Å²) < 4.78 is 37.4. The van der Waals surface area contributed by atoms with Crippen molar-refractivity contribution in [2.24, 2.45) is 4.99 Å². The summed E-state index contributed by atoms with van der Waals surface area (Å²) in [6, 6.07) is 7.22. The molecule has 2 aromatic rings. The number of furan rings is 1. The van der Waals surface area contributed by atoms with Gasteiger partial charge in [0, 0.05) is 18.7 Å². The van der Waals surface area contributed by atoms with Crippen molar-refractivity contribution in [3.8, 4) is 0 Å². The van der Waals surface area contributed by atoms with Gasteiger partial charge in [0.15, 0.2) is 6.61 Å². The molecule has 0 aliphatic carbocycles. The van der Waals surface area contributed by atoms with Crippen LogP contribution in [0.5, 0.6) is 0 Å². The predicted molar refractivity (Wildman–Crippen MR) is 105 cm³/mol. The van der Waals surface area contributed by atoms with E-state index in [9.17, 15) is 18.0 Å². The predicted octanol–water partition coefficient (Wildman–Crippen LogP) is 2.33. The number of carbonyl (C=O) groups is 2. The van der Waals surface area contributed by atoms with Crippen LogP contribution in [0, 0.1) is 0 Å². The van der Waals surface area contributed by atoms with Gasteiger partial charge in [-0.05, 0) is 37.1 Å². The quantitative estimate of drug-likeness (QED) is 0.692. The minimum absolute atomic E-state index is 0.00219. The van der Waals surface area contributed by atoms with Gasteiger partial charge in [0.05, 0.1) is 16.7 Å². The van der Waals surface area contributed by atoms with E-state index in [1.807, 2.05) is 0 Å². The number of amides is 1. The van der Waals surface area contributed by atoms with Crippen molar-refractivity contribution in [2.45, 2.75) is 30.6 Å². The summed E-state index contributed by atoms with van der Waals surface area (Å²) in [5, 5.41) is 2.51. The summed E-state index contributed by atoms with van der Waals surface area (Å²) in [4.78, 5) is 28.0. The Bertz CT molecular complexity index is 999. The molecule has 0 fully saturated rings. The summed E-state index contributed by atoms with van der Waals surface area (Å²) in [5.41, 5.74) is 0.457. The van der Waals surface area contributed by atoms with Crippen LogP contribution < -0.4 is 10.0 Å². The van der Waals surface area contributed by atoms with Gasteiger partial charge in [-0.25, -0.2) is 13.2 Å². The zero-order valence-corrected chi connectivity index (χ0v) is 16.4. The number of nitrogens with zero attached hydrogens (tertiary/aromatic N) is 1. The second-order valence-electron chi connectivity index (χ2n) is 6.41. The molecule has 0 bridgehead atoms. The van der Waals surface area contributed by atoms with Crippen LogP contribution in [0.3, 0.4) is 0 Å². The van der Waals surface area contributed by atoms with Crippen molar-refractivity contribution in [2.75, 3.05) is 18.5 Å². The third-order valence-electron chi connectivity index (χ3n) is 4.15. The first-order valence-electron chi connectivity index (χ1n) is 9.09. The number of hydrogen-bond donors (Lipinski definition) is 2. The van der Waals surface area contributed by atoms with Crippen LogP contribution in [0.1, 0.15) is 36.0 Å². The van der Waals surface area contributed by atoms with Crippen LogP contribution in [0.25, 0.3) is 0 Å². The first kappa shape index (κ1) is 20.6. The standard InChI is InChI=1S/C19H21N3O6S/c23-18(13-28-19(24)14-8-10-27-12-14)21-15-5-4-6-16(11-15)29(25,26)22-17-7-2-1-3-9-20-17/h4-6,8,10-12H,1-3,7,9,13H2,(H,20,22)(H,21,23). The monoisotopic (exact) mass is 419 g/mol. The normalized spacial score (nSPS) is 14.4. The SMILES string of the molecule is O=C(COC(=O)c1ccoc1)Nc1cccc(S(=O)(=O)NC2=NCCCCC2)c1. The third kappa shape index (κ3) is 5.92. The van der Waals surface area contributed by atoms with E-state index in [4.69, 9.17) is 9.15 Å². The van der Waals surface area contributed by atoms with Crippen molar-refractivity contribution in [3.63, 3.8) is 0 Å². The number of benzene rings is 1. The Hall–Kier alpha value is -3.14. The summed E-state index contributed by atoms with van der Waals surface area (Å²) >= 11 is 0. The average Bonchev–Trinajstić information content (AvgIpc) is 3.12. The van der Waals surface area contributed by atoms with Gasteiger partial charge in [-0.1, -0.05) is 12.5 Å². The van der Waals surface area contributed by atoms with Gasteiger partial charge in [-0.2, -0.15) is 0 Å². The minimum atomic E-state index is -3.82. The van der Waals surface area contributed by atoms with Gasteiger partial charge in [0.2, 0.25) is 0 Å². The maximum absolute atomic E-state index is 12.6. The Balaban J connectivity index is 1.60. The van der Waals surface area contributed by atoms with Gasteiger partial charge in [-0.3, -0.25) is 14.5 Å².